The number of hydrogen-bond donors (Lipinski definition) is 1. The van der Waals surface area contributed by atoms with E-state index in [1.165, 1.54) is 16.4 Å². The Hall–Kier alpha value is -2.41. The molecule has 0 aliphatic rings. The van der Waals surface area contributed by atoms with Crippen molar-refractivity contribution in [3.63, 3.8) is 0 Å². The van der Waals surface area contributed by atoms with Gasteiger partial charge >= 0.3 is 0 Å². The Balaban J connectivity index is 1.92. The molecule has 0 fully saturated rings. The van der Waals surface area contributed by atoms with E-state index in [2.05, 4.69) is 5.32 Å². The molecule has 0 aliphatic carbocycles. The molecule has 0 saturated heterocycles. The molecule has 0 aliphatic heterocycles. The minimum atomic E-state index is -3.47. The highest BCUT2D eigenvalue weighted by atomic mass is 32.2. The van der Waals surface area contributed by atoms with Crippen molar-refractivity contribution in [2.24, 2.45) is 0 Å². The molecule has 0 atom stereocenters. The van der Waals surface area contributed by atoms with E-state index in [1.54, 1.807) is 42.5 Å². The minimum Gasteiger partial charge on any atom is -0.352 e. The summed E-state index contributed by atoms with van der Waals surface area (Å²) in [6, 6.07) is 14.4. The molecular weight excluding hydrogens is 331 g/mol. The van der Waals surface area contributed by atoms with Crippen LogP contribution in [-0.2, 0) is 21.4 Å². The van der Waals surface area contributed by atoms with Crippen LogP contribution in [0.2, 0.25) is 0 Å². The lowest BCUT2D eigenvalue weighted by molar-refractivity contribution is -0.121. The van der Waals surface area contributed by atoms with Crippen molar-refractivity contribution < 1.29 is 17.6 Å². The normalized spacial score (nSPS) is 11.1. The summed E-state index contributed by atoms with van der Waals surface area (Å²) in [5, 5.41) is 2.69. The Bertz CT molecular complexity index is 777. The van der Waals surface area contributed by atoms with E-state index in [9.17, 15) is 17.6 Å². The predicted molar refractivity (Wildman–Crippen MR) is 91.5 cm³/mol. The van der Waals surface area contributed by atoms with Gasteiger partial charge in [-0.25, -0.2) is 12.8 Å². The van der Waals surface area contributed by atoms with Crippen LogP contribution in [0.3, 0.4) is 0 Å². The summed E-state index contributed by atoms with van der Waals surface area (Å²) in [7, 11) is -3.47. The van der Waals surface area contributed by atoms with Gasteiger partial charge in [0, 0.05) is 19.5 Å². The lowest BCUT2D eigenvalue weighted by atomic mass is 10.2. The molecule has 2 aromatic carbocycles. The number of amides is 1. The minimum absolute atomic E-state index is 0.0309. The third-order valence-electron chi connectivity index (χ3n) is 3.39. The summed E-state index contributed by atoms with van der Waals surface area (Å²) in [6.07, 6.45) is 1.14. The maximum atomic E-state index is 12.8. The quantitative estimate of drug-likeness (QED) is 0.833. The second-order valence-corrected chi connectivity index (χ2v) is 7.23. The van der Waals surface area contributed by atoms with Crippen LogP contribution in [0.5, 0.6) is 0 Å². The summed E-state index contributed by atoms with van der Waals surface area (Å²) in [6.45, 7) is 0.321. The lowest BCUT2D eigenvalue weighted by Crippen LogP contribution is -2.34. The zero-order valence-electron chi connectivity index (χ0n) is 13.3. The van der Waals surface area contributed by atoms with E-state index in [0.29, 0.717) is 5.69 Å². The van der Waals surface area contributed by atoms with Gasteiger partial charge in [-0.1, -0.05) is 30.3 Å². The Morgan fingerprint density at radius 1 is 1.08 bits per heavy atom. The Labute approximate surface area is 141 Å². The van der Waals surface area contributed by atoms with Crippen molar-refractivity contribution in [2.75, 3.05) is 17.1 Å². The molecule has 2 rings (SSSR count). The molecule has 0 bridgehead atoms. The van der Waals surface area contributed by atoms with Crippen LogP contribution in [0, 0.1) is 5.82 Å². The fraction of sp³-hybridized carbons (Fsp3) is 0.235. The Kier molecular flexibility index (Phi) is 5.92. The predicted octanol–water partition coefficient (Wildman–Crippen LogP) is 2.30. The van der Waals surface area contributed by atoms with Gasteiger partial charge in [-0.2, -0.15) is 0 Å². The van der Waals surface area contributed by atoms with E-state index in [1.807, 2.05) is 0 Å². The largest absolute Gasteiger partial charge is 0.352 e. The van der Waals surface area contributed by atoms with E-state index in [4.69, 9.17) is 0 Å². The maximum absolute atomic E-state index is 12.8. The number of nitrogens with one attached hydrogen (secondary N) is 1. The molecule has 2 aromatic rings. The Morgan fingerprint density at radius 3 is 2.29 bits per heavy atom. The zero-order valence-corrected chi connectivity index (χ0v) is 14.1. The summed E-state index contributed by atoms with van der Waals surface area (Å²) >= 11 is 0. The van der Waals surface area contributed by atoms with Crippen LogP contribution in [0.15, 0.2) is 54.6 Å². The van der Waals surface area contributed by atoms with Crippen molar-refractivity contribution in [1.29, 1.82) is 0 Å². The van der Waals surface area contributed by atoms with Gasteiger partial charge in [-0.15, -0.1) is 0 Å². The number of rotatable bonds is 7. The summed E-state index contributed by atoms with van der Waals surface area (Å²) < 4.78 is 37.8. The smallest absolute Gasteiger partial charge is 0.232 e. The fourth-order valence-electron chi connectivity index (χ4n) is 2.18. The first-order chi connectivity index (χ1) is 11.4. The highest BCUT2D eigenvalue weighted by Crippen LogP contribution is 2.16. The maximum Gasteiger partial charge on any atom is 0.232 e. The highest BCUT2D eigenvalue weighted by Gasteiger charge is 2.18. The number of benzene rings is 2. The number of para-hydroxylation sites is 1. The van der Waals surface area contributed by atoms with Gasteiger partial charge in [0.25, 0.3) is 0 Å². The number of carbonyl (C=O) groups is 1. The average Bonchev–Trinajstić information content (AvgIpc) is 2.54. The van der Waals surface area contributed by atoms with Gasteiger partial charge in [-0.3, -0.25) is 9.10 Å². The third-order valence-corrected chi connectivity index (χ3v) is 4.58. The van der Waals surface area contributed by atoms with Crippen LogP contribution >= 0.6 is 0 Å². The number of anilines is 1. The molecule has 24 heavy (non-hydrogen) atoms. The first-order valence-corrected chi connectivity index (χ1v) is 9.25. The Morgan fingerprint density at radius 2 is 1.71 bits per heavy atom. The lowest BCUT2D eigenvalue weighted by Gasteiger charge is -2.22. The van der Waals surface area contributed by atoms with Crippen molar-refractivity contribution in [2.45, 2.75) is 13.0 Å². The number of halogens is 1. The monoisotopic (exact) mass is 350 g/mol. The topological polar surface area (TPSA) is 66.5 Å². The highest BCUT2D eigenvalue weighted by molar-refractivity contribution is 7.92. The molecule has 5 nitrogen and oxygen atoms in total. The molecule has 0 heterocycles. The van der Waals surface area contributed by atoms with Crippen LogP contribution in [0.4, 0.5) is 10.1 Å². The van der Waals surface area contributed by atoms with Gasteiger partial charge in [0.15, 0.2) is 0 Å². The summed E-state index contributed by atoms with van der Waals surface area (Å²) in [5.41, 5.74) is 1.29. The second kappa shape index (κ2) is 7.92. The SMILES string of the molecule is CS(=O)(=O)N(CCC(=O)NCc1ccc(F)cc1)c1ccccc1. The van der Waals surface area contributed by atoms with Gasteiger partial charge in [0.1, 0.15) is 5.82 Å². The van der Waals surface area contributed by atoms with Crippen molar-refractivity contribution in [3.05, 3.63) is 66.0 Å². The third kappa shape index (κ3) is 5.34. The van der Waals surface area contributed by atoms with E-state index >= 15 is 0 Å². The van der Waals surface area contributed by atoms with Crippen LogP contribution in [0.1, 0.15) is 12.0 Å². The summed E-state index contributed by atoms with van der Waals surface area (Å²) in [4.78, 5) is 11.9. The second-order valence-electron chi connectivity index (χ2n) is 5.32. The molecule has 0 radical (unpaired) electrons. The molecule has 0 unspecified atom stereocenters. The molecular formula is C17H19FN2O3S. The molecule has 7 heteroatoms. The van der Waals surface area contributed by atoms with Gasteiger partial charge in [0.2, 0.25) is 15.9 Å². The number of hydrogen-bond acceptors (Lipinski definition) is 3. The van der Waals surface area contributed by atoms with E-state index < -0.39 is 10.0 Å². The van der Waals surface area contributed by atoms with Crippen LogP contribution in [-0.4, -0.2) is 27.1 Å². The molecule has 1 amide bonds. The van der Waals surface area contributed by atoms with Gasteiger partial charge in [-0.05, 0) is 29.8 Å². The number of nitrogens with zero attached hydrogens (tertiary/aromatic N) is 1. The molecule has 1 N–H and O–H groups in total. The standard InChI is InChI=1S/C17H19FN2O3S/c1-24(22,23)20(16-5-3-2-4-6-16)12-11-17(21)19-13-14-7-9-15(18)10-8-14/h2-10H,11-13H2,1H3,(H,19,21). The van der Waals surface area contributed by atoms with Gasteiger partial charge in [0.05, 0.1) is 11.9 Å². The first kappa shape index (κ1) is 17.9. The van der Waals surface area contributed by atoms with Crippen molar-refractivity contribution >= 4 is 21.6 Å². The van der Waals surface area contributed by atoms with E-state index in [-0.39, 0.29) is 31.2 Å². The zero-order chi connectivity index (χ0) is 17.6. The van der Waals surface area contributed by atoms with Crippen LogP contribution < -0.4 is 9.62 Å². The number of sulfonamides is 1. The molecule has 0 aromatic heterocycles. The van der Waals surface area contributed by atoms with E-state index in [0.717, 1.165) is 11.8 Å². The van der Waals surface area contributed by atoms with Crippen molar-refractivity contribution in [1.82, 2.24) is 5.32 Å². The molecule has 128 valence electrons. The first-order valence-electron chi connectivity index (χ1n) is 7.40. The fourth-order valence-corrected chi connectivity index (χ4v) is 3.10. The number of carbonyl (C=O) groups excluding carboxylic acids is 1. The summed E-state index contributed by atoms with van der Waals surface area (Å²) in [5.74, 6) is -0.611. The van der Waals surface area contributed by atoms with Crippen LogP contribution in [0.25, 0.3) is 0 Å². The van der Waals surface area contributed by atoms with Gasteiger partial charge < -0.3 is 5.32 Å². The van der Waals surface area contributed by atoms with Crippen molar-refractivity contribution in [3.8, 4) is 0 Å². The molecule has 0 spiro atoms. The molecule has 0 saturated carbocycles. The average molecular weight is 350 g/mol.